The van der Waals surface area contributed by atoms with Crippen molar-refractivity contribution in [1.82, 2.24) is 20.7 Å². The fraction of sp³-hybridized carbons (Fsp3) is 0.545. The lowest BCUT2D eigenvalue weighted by molar-refractivity contribution is -0.141. The van der Waals surface area contributed by atoms with Crippen LogP contribution in [0.2, 0.25) is 0 Å². The van der Waals surface area contributed by atoms with Crippen LogP contribution >= 0.6 is 0 Å². The van der Waals surface area contributed by atoms with Crippen LogP contribution in [0.3, 0.4) is 0 Å². The van der Waals surface area contributed by atoms with E-state index in [4.69, 9.17) is 0 Å². The summed E-state index contributed by atoms with van der Waals surface area (Å²) in [6.45, 7) is 2.82. The van der Waals surface area contributed by atoms with Gasteiger partial charge in [-0.2, -0.15) is 5.01 Å². The molecule has 2 saturated heterocycles. The van der Waals surface area contributed by atoms with Gasteiger partial charge in [0.1, 0.15) is 5.54 Å². The Morgan fingerprint density at radius 2 is 1.77 bits per heavy atom. The highest BCUT2D eigenvalue weighted by Gasteiger charge is 2.52. The van der Waals surface area contributed by atoms with Crippen molar-refractivity contribution in [2.45, 2.75) is 57.4 Å². The normalized spacial score (nSPS) is 23.4. The molecule has 8 nitrogen and oxygen atoms in total. The molecule has 1 aliphatic carbocycles. The minimum Gasteiger partial charge on any atom is -0.338 e. The van der Waals surface area contributed by atoms with Crippen LogP contribution in [0.4, 0.5) is 4.79 Å². The highest BCUT2D eigenvalue weighted by molar-refractivity contribution is 6.08. The number of amides is 5. The van der Waals surface area contributed by atoms with E-state index in [0.29, 0.717) is 37.8 Å². The lowest BCUT2D eigenvalue weighted by Gasteiger charge is -2.33. The van der Waals surface area contributed by atoms with E-state index in [1.807, 2.05) is 19.1 Å². The second kappa shape index (κ2) is 8.08. The Labute approximate surface area is 175 Å². The molecule has 30 heavy (non-hydrogen) atoms. The largest absolute Gasteiger partial charge is 0.344 e. The molecule has 2 N–H and O–H groups in total. The Hall–Kier alpha value is -2.90. The van der Waals surface area contributed by atoms with Crippen LogP contribution in [-0.4, -0.2) is 52.3 Å². The highest BCUT2D eigenvalue weighted by atomic mass is 16.2. The van der Waals surface area contributed by atoms with E-state index in [2.05, 4.69) is 10.7 Å². The van der Waals surface area contributed by atoms with Crippen molar-refractivity contribution in [1.29, 1.82) is 0 Å². The lowest BCUT2D eigenvalue weighted by Crippen LogP contribution is -2.53. The van der Waals surface area contributed by atoms with Gasteiger partial charge in [0.25, 0.3) is 11.8 Å². The third kappa shape index (κ3) is 3.78. The van der Waals surface area contributed by atoms with Gasteiger partial charge in [0, 0.05) is 18.7 Å². The van der Waals surface area contributed by atoms with Crippen molar-refractivity contribution in [2.75, 3.05) is 13.1 Å². The topological polar surface area (TPSA) is 98.8 Å². The van der Waals surface area contributed by atoms with Crippen LogP contribution in [0.15, 0.2) is 24.3 Å². The molecule has 5 amide bonds. The Kier molecular flexibility index (Phi) is 5.49. The first-order valence-electron chi connectivity index (χ1n) is 10.7. The molecule has 1 aromatic carbocycles. The minimum absolute atomic E-state index is 0.108. The number of rotatable bonds is 3. The van der Waals surface area contributed by atoms with Gasteiger partial charge in [-0.1, -0.05) is 37.0 Å². The molecule has 1 saturated carbocycles. The van der Waals surface area contributed by atoms with Crippen LogP contribution in [0.25, 0.3) is 0 Å². The van der Waals surface area contributed by atoms with Gasteiger partial charge >= 0.3 is 6.03 Å². The lowest BCUT2D eigenvalue weighted by atomic mass is 9.82. The second-order valence-corrected chi connectivity index (χ2v) is 8.65. The van der Waals surface area contributed by atoms with Gasteiger partial charge in [-0.25, -0.2) is 4.79 Å². The van der Waals surface area contributed by atoms with Crippen molar-refractivity contribution in [2.24, 2.45) is 5.92 Å². The van der Waals surface area contributed by atoms with E-state index < -0.39 is 23.4 Å². The summed E-state index contributed by atoms with van der Waals surface area (Å²) in [7, 11) is 0. The summed E-state index contributed by atoms with van der Waals surface area (Å²) in [6.07, 6.45) is 5.32. The Balaban J connectivity index is 1.40. The predicted molar refractivity (Wildman–Crippen MR) is 109 cm³/mol. The van der Waals surface area contributed by atoms with Crippen molar-refractivity contribution in [3.05, 3.63) is 35.4 Å². The molecule has 0 aromatic heterocycles. The zero-order valence-electron chi connectivity index (χ0n) is 17.3. The smallest absolute Gasteiger partial charge is 0.338 e. The number of carbonyl (C=O) groups is 4. The molecule has 1 aromatic rings. The Morgan fingerprint density at radius 1 is 1.07 bits per heavy atom. The number of carbonyl (C=O) groups excluding carboxylic acids is 4. The monoisotopic (exact) mass is 412 g/mol. The number of aryl methyl sites for hydroxylation is 1. The highest BCUT2D eigenvalue weighted by Crippen LogP contribution is 2.33. The van der Waals surface area contributed by atoms with Crippen LogP contribution < -0.4 is 10.7 Å². The first-order chi connectivity index (χ1) is 14.4. The number of urea groups is 1. The summed E-state index contributed by atoms with van der Waals surface area (Å²) >= 11 is 0. The number of benzene rings is 1. The maximum atomic E-state index is 12.9. The molecule has 1 atom stereocenters. The molecule has 3 fully saturated rings. The molecule has 0 bridgehead atoms. The van der Waals surface area contributed by atoms with Crippen LogP contribution in [-0.2, 0) is 9.59 Å². The average molecular weight is 412 g/mol. The van der Waals surface area contributed by atoms with E-state index in [-0.39, 0.29) is 18.4 Å². The number of likely N-dealkylation sites (tertiary alicyclic amines) is 1. The maximum Gasteiger partial charge on any atom is 0.344 e. The number of nitrogens with one attached hydrogen (secondary N) is 2. The number of hydrogen-bond acceptors (Lipinski definition) is 4. The van der Waals surface area contributed by atoms with Gasteiger partial charge < -0.3 is 10.2 Å². The molecule has 160 valence electrons. The standard InChI is InChI=1S/C22H28N4O4/c1-15-7-9-16(10-8-15)19(28)25-13-5-6-17(14-25)18(27)24-26-20(29)22(23-21(26)30)11-3-2-4-12-22/h7-10,17H,2-6,11-14H2,1H3,(H,23,30)(H,24,27). The minimum atomic E-state index is -0.872. The van der Waals surface area contributed by atoms with E-state index in [9.17, 15) is 19.2 Å². The van der Waals surface area contributed by atoms with E-state index in [1.54, 1.807) is 17.0 Å². The van der Waals surface area contributed by atoms with Gasteiger partial charge in [-0.05, 0) is 44.7 Å². The summed E-state index contributed by atoms with van der Waals surface area (Å²) in [6, 6.07) is 6.79. The van der Waals surface area contributed by atoms with E-state index in [1.165, 1.54) is 0 Å². The number of hydrazine groups is 1. The van der Waals surface area contributed by atoms with Crippen molar-refractivity contribution in [3.8, 4) is 0 Å². The van der Waals surface area contributed by atoms with Crippen molar-refractivity contribution >= 4 is 23.8 Å². The molecule has 8 heteroatoms. The average Bonchev–Trinajstić information content (AvgIpc) is 2.98. The maximum absolute atomic E-state index is 12.9. The van der Waals surface area contributed by atoms with Gasteiger partial charge in [-0.15, -0.1) is 0 Å². The van der Waals surface area contributed by atoms with Gasteiger partial charge in [0.2, 0.25) is 5.91 Å². The Bertz CT molecular complexity index is 860. The third-order valence-electron chi connectivity index (χ3n) is 6.47. The summed E-state index contributed by atoms with van der Waals surface area (Å²) in [4.78, 5) is 52.5. The van der Waals surface area contributed by atoms with Gasteiger partial charge in [-0.3, -0.25) is 19.8 Å². The summed E-state index contributed by atoms with van der Waals surface area (Å²) in [5.41, 5.74) is 3.32. The molecule has 3 aliphatic rings. The van der Waals surface area contributed by atoms with Crippen LogP contribution in [0.5, 0.6) is 0 Å². The van der Waals surface area contributed by atoms with Crippen molar-refractivity contribution in [3.63, 3.8) is 0 Å². The molecular formula is C22H28N4O4. The number of piperidine rings is 1. The zero-order valence-corrected chi connectivity index (χ0v) is 17.3. The first-order valence-corrected chi connectivity index (χ1v) is 10.7. The van der Waals surface area contributed by atoms with Crippen molar-refractivity contribution < 1.29 is 19.2 Å². The molecule has 2 aliphatic heterocycles. The second-order valence-electron chi connectivity index (χ2n) is 8.65. The fourth-order valence-corrected chi connectivity index (χ4v) is 4.67. The molecule has 1 unspecified atom stereocenters. The predicted octanol–water partition coefficient (Wildman–Crippen LogP) is 2.13. The first kappa shape index (κ1) is 20.4. The number of hydrogen-bond donors (Lipinski definition) is 2. The van der Waals surface area contributed by atoms with Crippen LogP contribution in [0, 0.1) is 12.8 Å². The molecule has 0 radical (unpaired) electrons. The van der Waals surface area contributed by atoms with Gasteiger partial charge in [0.05, 0.1) is 5.92 Å². The number of imide groups is 1. The summed E-state index contributed by atoms with van der Waals surface area (Å²) < 4.78 is 0. The van der Waals surface area contributed by atoms with E-state index in [0.717, 1.165) is 29.8 Å². The van der Waals surface area contributed by atoms with Crippen LogP contribution in [0.1, 0.15) is 60.9 Å². The summed E-state index contributed by atoms with van der Waals surface area (Å²) in [5.74, 6) is -1.34. The van der Waals surface area contributed by atoms with Gasteiger partial charge in [0.15, 0.2) is 0 Å². The Morgan fingerprint density at radius 3 is 2.47 bits per heavy atom. The number of nitrogens with zero attached hydrogens (tertiary/aromatic N) is 2. The molecule has 1 spiro atoms. The molecule has 4 rings (SSSR count). The zero-order chi connectivity index (χ0) is 21.3. The quantitative estimate of drug-likeness (QED) is 0.743. The summed E-state index contributed by atoms with van der Waals surface area (Å²) in [5, 5.41) is 3.63. The fourth-order valence-electron chi connectivity index (χ4n) is 4.67. The van der Waals surface area contributed by atoms with E-state index >= 15 is 0 Å². The third-order valence-corrected chi connectivity index (χ3v) is 6.47. The molecule has 2 heterocycles. The molecular weight excluding hydrogens is 384 g/mol. The SMILES string of the molecule is Cc1ccc(C(=O)N2CCCC(C(=O)NN3C(=O)NC4(CCCCC4)C3=O)C2)cc1.